The van der Waals surface area contributed by atoms with Crippen molar-refractivity contribution in [1.29, 1.82) is 0 Å². The van der Waals surface area contributed by atoms with Crippen molar-refractivity contribution in [1.82, 2.24) is 19.6 Å². The number of nitrogens with one attached hydrogen (secondary N) is 1. The molecule has 0 unspecified atom stereocenters. The first-order valence-corrected chi connectivity index (χ1v) is 8.56. The summed E-state index contributed by atoms with van der Waals surface area (Å²) in [7, 11) is 0. The topological polar surface area (TPSA) is 72.2 Å². The molecule has 0 aliphatic carbocycles. The number of fused-ring (bicyclic) bond motifs is 1. The number of anilines is 1. The maximum Gasteiger partial charge on any atom is 0.252 e. The maximum atomic E-state index is 12.5. The second-order valence-electron chi connectivity index (χ2n) is 6.35. The maximum absolute atomic E-state index is 12.5. The van der Waals surface area contributed by atoms with Crippen LogP contribution in [-0.4, -0.2) is 25.5 Å². The SMILES string of the molecule is CCCc1nc2nc(C)c(CC(=O)Nc3cccc(C)c3)c(C)n2n1. The summed E-state index contributed by atoms with van der Waals surface area (Å²) in [5, 5.41) is 7.47. The molecule has 0 aliphatic heterocycles. The summed E-state index contributed by atoms with van der Waals surface area (Å²) in [6.45, 7) is 7.97. The van der Waals surface area contributed by atoms with Gasteiger partial charge in [-0.1, -0.05) is 19.1 Å². The number of amides is 1. The van der Waals surface area contributed by atoms with Gasteiger partial charge < -0.3 is 5.32 Å². The minimum atomic E-state index is -0.0631. The van der Waals surface area contributed by atoms with Crippen LogP contribution in [0.15, 0.2) is 24.3 Å². The van der Waals surface area contributed by atoms with Crippen molar-refractivity contribution in [2.24, 2.45) is 0 Å². The molecule has 0 spiro atoms. The van der Waals surface area contributed by atoms with Gasteiger partial charge in [0.1, 0.15) is 0 Å². The van der Waals surface area contributed by atoms with Crippen LogP contribution in [0, 0.1) is 20.8 Å². The van der Waals surface area contributed by atoms with Gasteiger partial charge in [0.15, 0.2) is 5.82 Å². The van der Waals surface area contributed by atoms with Crippen LogP contribution in [0.1, 0.15) is 41.7 Å². The second-order valence-corrected chi connectivity index (χ2v) is 6.35. The Hall–Kier alpha value is -2.76. The Balaban J connectivity index is 1.86. The van der Waals surface area contributed by atoms with Gasteiger partial charge in [0.2, 0.25) is 5.91 Å². The highest BCUT2D eigenvalue weighted by Gasteiger charge is 2.16. The average molecular weight is 337 g/mol. The molecule has 0 atom stereocenters. The van der Waals surface area contributed by atoms with E-state index in [9.17, 15) is 4.79 Å². The average Bonchev–Trinajstić information content (AvgIpc) is 2.94. The van der Waals surface area contributed by atoms with E-state index >= 15 is 0 Å². The van der Waals surface area contributed by atoms with E-state index in [-0.39, 0.29) is 12.3 Å². The van der Waals surface area contributed by atoms with E-state index in [1.807, 2.05) is 45.0 Å². The Morgan fingerprint density at radius 2 is 2.00 bits per heavy atom. The molecule has 0 saturated heterocycles. The molecule has 0 saturated carbocycles. The summed E-state index contributed by atoms with van der Waals surface area (Å²) in [4.78, 5) is 21.4. The van der Waals surface area contributed by atoms with Crippen LogP contribution >= 0.6 is 0 Å². The van der Waals surface area contributed by atoms with Crippen molar-refractivity contribution in [3.63, 3.8) is 0 Å². The van der Waals surface area contributed by atoms with Crippen molar-refractivity contribution < 1.29 is 4.79 Å². The fraction of sp³-hybridized carbons (Fsp3) is 0.368. The lowest BCUT2D eigenvalue weighted by atomic mass is 10.1. The zero-order valence-corrected chi connectivity index (χ0v) is 15.1. The molecule has 25 heavy (non-hydrogen) atoms. The molecule has 0 bridgehead atoms. The van der Waals surface area contributed by atoms with Crippen LogP contribution in [0.3, 0.4) is 0 Å². The number of carbonyl (C=O) groups excluding carboxylic acids is 1. The number of carbonyl (C=O) groups is 1. The number of aromatic nitrogens is 4. The lowest BCUT2D eigenvalue weighted by Gasteiger charge is -2.11. The Morgan fingerprint density at radius 1 is 1.20 bits per heavy atom. The van der Waals surface area contributed by atoms with Gasteiger partial charge in [0.05, 0.1) is 6.42 Å². The van der Waals surface area contributed by atoms with Crippen LogP contribution in [0.25, 0.3) is 5.78 Å². The first-order valence-electron chi connectivity index (χ1n) is 8.56. The fourth-order valence-corrected chi connectivity index (χ4v) is 2.92. The summed E-state index contributed by atoms with van der Waals surface area (Å²) in [5.41, 5.74) is 4.54. The van der Waals surface area contributed by atoms with Crippen molar-refractivity contribution in [2.45, 2.75) is 47.0 Å². The zero-order valence-electron chi connectivity index (χ0n) is 15.1. The molecule has 1 amide bonds. The van der Waals surface area contributed by atoms with E-state index < -0.39 is 0 Å². The number of benzene rings is 1. The number of aryl methyl sites for hydroxylation is 4. The number of hydrogen-bond donors (Lipinski definition) is 1. The molecular formula is C19H23N5O. The molecule has 6 nitrogen and oxygen atoms in total. The van der Waals surface area contributed by atoms with E-state index in [4.69, 9.17) is 0 Å². The highest BCUT2D eigenvalue weighted by atomic mass is 16.1. The van der Waals surface area contributed by atoms with Gasteiger partial charge in [-0.25, -0.2) is 9.50 Å². The molecule has 0 fully saturated rings. The lowest BCUT2D eigenvalue weighted by molar-refractivity contribution is -0.115. The minimum Gasteiger partial charge on any atom is -0.326 e. The minimum absolute atomic E-state index is 0.0631. The molecule has 0 radical (unpaired) electrons. The normalized spacial score (nSPS) is 11.0. The van der Waals surface area contributed by atoms with Crippen molar-refractivity contribution in [3.8, 4) is 0 Å². The molecule has 3 aromatic rings. The largest absolute Gasteiger partial charge is 0.326 e. The van der Waals surface area contributed by atoms with Gasteiger partial charge in [-0.15, -0.1) is 5.10 Å². The van der Waals surface area contributed by atoms with Gasteiger partial charge in [0.25, 0.3) is 5.78 Å². The van der Waals surface area contributed by atoms with E-state index in [2.05, 4.69) is 27.3 Å². The van der Waals surface area contributed by atoms with Gasteiger partial charge in [-0.3, -0.25) is 4.79 Å². The summed E-state index contributed by atoms with van der Waals surface area (Å²) in [5.74, 6) is 1.33. The second kappa shape index (κ2) is 7.01. The highest BCUT2D eigenvalue weighted by molar-refractivity contribution is 5.92. The Morgan fingerprint density at radius 3 is 2.72 bits per heavy atom. The van der Waals surface area contributed by atoms with Crippen molar-refractivity contribution >= 4 is 17.4 Å². The molecule has 2 aromatic heterocycles. The van der Waals surface area contributed by atoms with E-state index in [0.29, 0.717) is 5.78 Å². The van der Waals surface area contributed by atoms with Gasteiger partial charge in [-0.2, -0.15) is 4.98 Å². The van der Waals surface area contributed by atoms with Gasteiger partial charge >= 0.3 is 0 Å². The van der Waals surface area contributed by atoms with Crippen LogP contribution in [0.4, 0.5) is 5.69 Å². The van der Waals surface area contributed by atoms with E-state index in [0.717, 1.165) is 46.9 Å². The third-order valence-electron chi connectivity index (χ3n) is 4.21. The first-order chi connectivity index (χ1) is 12.0. The fourth-order valence-electron chi connectivity index (χ4n) is 2.92. The summed E-state index contributed by atoms with van der Waals surface area (Å²) in [6, 6.07) is 7.77. The third kappa shape index (κ3) is 3.68. The predicted molar refractivity (Wildman–Crippen MR) is 97.8 cm³/mol. The Bertz CT molecular complexity index is 929. The summed E-state index contributed by atoms with van der Waals surface area (Å²) < 4.78 is 1.74. The molecule has 0 aliphatic rings. The summed E-state index contributed by atoms with van der Waals surface area (Å²) >= 11 is 0. The molecule has 130 valence electrons. The third-order valence-corrected chi connectivity index (χ3v) is 4.21. The predicted octanol–water partition coefficient (Wildman–Crippen LogP) is 3.18. The monoisotopic (exact) mass is 337 g/mol. The standard InChI is InChI=1S/C19H23N5O/c1-5-7-17-22-19-20-13(3)16(14(4)24(19)23-17)11-18(25)21-15-9-6-8-12(2)10-15/h6,8-10H,5,7,11H2,1-4H3,(H,21,25). The van der Waals surface area contributed by atoms with Gasteiger partial charge in [0, 0.05) is 29.1 Å². The number of rotatable bonds is 5. The molecule has 1 aromatic carbocycles. The number of nitrogens with zero attached hydrogens (tertiary/aromatic N) is 4. The first kappa shape index (κ1) is 17.1. The smallest absolute Gasteiger partial charge is 0.252 e. The number of hydrogen-bond acceptors (Lipinski definition) is 4. The molecular weight excluding hydrogens is 314 g/mol. The molecule has 2 heterocycles. The molecule has 3 rings (SSSR count). The van der Waals surface area contributed by atoms with Crippen LogP contribution in [-0.2, 0) is 17.6 Å². The van der Waals surface area contributed by atoms with Gasteiger partial charge in [-0.05, 0) is 44.9 Å². The Kier molecular flexibility index (Phi) is 4.79. The lowest BCUT2D eigenvalue weighted by Crippen LogP contribution is -2.17. The van der Waals surface area contributed by atoms with E-state index in [1.165, 1.54) is 0 Å². The quantitative estimate of drug-likeness (QED) is 0.776. The Labute approximate surface area is 147 Å². The summed E-state index contributed by atoms with van der Waals surface area (Å²) in [6.07, 6.45) is 2.07. The van der Waals surface area contributed by atoms with Crippen molar-refractivity contribution in [3.05, 3.63) is 52.6 Å². The van der Waals surface area contributed by atoms with Crippen LogP contribution in [0.5, 0.6) is 0 Å². The van der Waals surface area contributed by atoms with E-state index in [1.54, 1.807) is 4.52 Å². The van der Waals surface area contributed by atoms with Crippen LogP contribution in [0.2, 0.25) is 0 Å². The van der Waals surface area contributed by atoms with Crippen LogP contribution < -0.4 is 5.32 Å². The zero-order chi connectivity index (χ0) is 18.0. The van der Waals surface area contributed by atoms with Crippen molar-refractivity contribution in [2.75, 3.05) is 5.32 Å². The highest BCUT2D eigenvalue weighted by Crippen LogP contribution is 2.16. The molecule has 6 heteroatoms. The molecule has 1 N–H and O–H groups in total.